The molecule has 0 unspecified atom stereocenters. The van der Waals surface area contributed by atoms with Gasteiger partial charge in [-0.2, -0.15) is 13.2 Å². The van der Waals surface area contributed by atoms with E-state index < -0.39 is 55.9 Å². The maximum absolute atomic E-state index is 12.4. The zero-order chi connectivity index (χ0) is 24.8. The summed E-state index contributed by atoms with van der Waals surface area (Å²) in [5, 5.41) is 12.7. The number of rotatable bonds is 9. The molecule has 1 aliphatic rings. The van der Waals surface area contributed by atoms with Crippen LogP contribution in [0, 0.1) is 0 Å². The minimum absolute atomic E-state index is 0.0288. The van der Waals surface area contributed by atoms with Crippen LogP contribution in [0.3, 0.4) is 0 Å². The Bertz CT molecular complexity index is 877. The fourth-order valence-electron chi connectivity index (χ4n) is 2.91. The van der Waals surface area contributed by atoms with Crippen molar-refractivity contribution in [1.29, 1.82) is 0 Å². The Morgan fingerprint density at radius 2 is 1.94 bits per heavy atom. The molecule has 0 saturated heterocycles. The molecule has 182 valence electrons. The Morgan fingerprint density at radius 1 is 1.24 bits per heavy atom. The van der Waals surface area contributed by atoms with E-state index in [4.69, 9.17) is 18.9 Å². The maximum atomic E-state index is 12.4. The summed E-state index contributed by atoms with van der Waals surface area (Å²) in [6, 6.07) is 4.51. The van der Waals surface area contributed by atoms with Crippen molar-refractivity contribution in [2.24, 2.45) is 0 Å². The van der Waals surface area contributed by atoms with E-state index in [1.807, 2.05) is 0 Å². The topological polar surface area (TPSA) is 120 Å². The van der Waals surface area contributed by atoms with Gasteiger partial charge in [-0.3, -0.25) is 4.79 Å². The molecule has 0 aliphatic carbocycles. The van der Waals surface area contributed by atoms with Crippen LogP contribution in [0.4, 0.5) is 13.2 Å². The van der Waals surface area contributed by atoms with Gasteiger partial charge < -0.3 is 29.2 Å². The molecule has 0 aromatic heterocycles. The van der Waals surface area contributed by atoms with Crippen LogP contribution < -0.4 is 9.97 Å². The van der Waals surface area contributed by atoms with Crippen molar-refractivity contribution in [3.8, 4) is 5.75 Å². The highest BCUT2D eigenvalue weighted by molar-refractivity contribution is 6.47. The molecule has 2 N–H and O–H groups in total. The first kappa shape index (κ1) is 26.5. The van der Waals surface area contributed by atoms with E-state index in [1.165, 1.54) is 33.1 Å². The summed E-state index contributed by atoms with van der Waals surface area (Å²) in [7, 11) is -0.219. The van der Waals surface area contributed by atoms with Crippen LogP contribution in [0.5, 0.6) is 5.75 Å². The maximum Gasteiger partial charge on any atom is 0.547 e. The molecule has 1 aromatic carbocycles. The number of halogens is 3. The highest BCUT2D eigenvalue weighted by Gasteiger charge is 2.38. The number of nitrogens with one attached hydrogen (secondary N) is 1. The lowest BCUT2D eigenvalue weighted by Gasteiger charge is -2.29. The van der Waals surface area contributed by atoms with Crippen LogP contribution in [-0.2, 0) is 30.2 Å². The molecule has 13 heteroatoms. The molecule has 0 bridgehead atoms. The standard InChI is InChI=1S/C20H25BF3NO8/c1-19(2,30-3)18(28)32-11-31-17(27)13-7-4-6-12-10-14(21(29)33-16(12)13)25-15(26)8-5-9-20(22,23)24/h4,6-7,14,29H,5,8-11H2,1-3H3,(H,25,26)/t14-/m0/s1. The number of methoxy groups -OCH3 is 1. The van der Waals surface area contributed by atoms with Crippen molar-refractivity contribution >= 4 is 25.0 Å². The van der Waals surface area contributed by atoms with Gasteiger partial charge in [-0.05, 0) is 38.3 Å². The summed E-state index contributed by atoms with van der Waals surface area (Å²) in [6.07, 6.45) is -6.11. The number of benzene rings is 1. The third kappa shape index (κ3) is 7.64. The largest absolute Gasteiger partial charge is 0.547 e. The van der Waals surface area contributed by atoms with Gasteiger partial charge in [0.25, 0.3) is 0 Å². The van der Waals surface area contributed by atoms with Crippen molar-refractivity contribution < 1.29 is 51.4 Å². The molecule has 33 heavy (non-hydrogen) atoms. The monoisotopic (exact) mass is 475 g/mol. The highest BCUT2D eigenvalue weighted by Crippen LogP contribution is 2.31. The number of para-hydroxylation sites is 1. The molecule has 0 spiro atoms. The first-order chi connectivity index (χ1) is 15.3. The Labute approximate surface area is 188 Å². The average Bonchev–Trinajstić information content (AvgIpc) is 2.72. The first-order valence-electron chi connectivity index (χ1n) is 10.1. The van der Waals surface area contributed by atoms with Gasteiger partial charge in [0, 0.05) is 20.0 Å². The summed E-state index contributed by atoms with van der Waals surface area (Å²) in [5.74, 6) is -3.17. The third-order valence-corrected chi connectivity index (χ3v) is 4.93. The van der Waals surface area contributed by atoms with E-state index in [2.05, 4.69) is 5.32 Å². The van der Waals surface area contributed by atoms with Crippen LogP contribution in [0.2, 0.25) is 0 Å². The van der Waals surface area contributed by atoms with Gasteiger partial charge in [0.2, 0.25) is 12.7 Å². The fraction of sp³-hybridized carbons (Fsp3) is 0.550. The van der Waals surface area contributed by atoms with Crippen molar-refractivity contribution in [3.05, 3.63) is 29.3 Å². The minimum Gasteiger partial charge on any atom is -0.534 e. The van der Waals surface area contributed by atoms with Crippen LogP contribution >= 0.6 is 0 Å². The quantitative estimate of drug-likeness (QED) is 0.316. The summed E-state index contributed by atoms with van der Waals surface area (Å²) >= 11 is 0. The van der Waals surface area contributed by atoms with Gasteiger partial charge in [0.05, 0.1) is 5.94 Å². The summed E-state index contributed by atoms with van der Waals surface area (Å²) in [5.41, 5.74) is -0.797. The number of hydrogen-bond acceptors (Lipinski definition) is 8. The smallest absolute Gasteiger partial charge is 0.534 e. The normalized spacial score (nSPS) is 15.8. The van der Waals surface area contributed by atoms with Crippen molar-refractivity contribution in [3.63, 3.8) is 0 Å². The number of esters is 2. The van der Waals surface area contributed by atoms with Gasteiger partial charge in [0.15, 0.2) is 5.60 Å². The molecule has 9 nitrogen and oxygen atoms in total. The average molecular weight is 475 g/mol. The zero-order valence-corrected chi connectivity index (χ0v) is 18.4. The molecule has 1 amide bonds. The Kier molecular flexibility index (Phi) is 8.72. The Balaban J connectivity index is 1.96. The second-order valence-electron chi connectivity index (χ2n) is 7.84. The molecule has 0 fully saturated rings. The number of ether oxygens (including phenoxy) is 3. The molecule has 1 atom stereocenters. The Hall–Kier alpha value is -2.80. The lowest BCUT2D eigenvalue weighted by Crippen LogP contribution is -2.53. The molecular formula is C20H25BF3NO8. The van der Waals surface area contributed by atoms with Crippen molar-refractivity contribution in [1.82, 2.24) is 5.32 Å². The number of amides is 1. The van der Waals surface area contributed by atoms with E-state index >= 15 is 0 Å². The van der Waals surface area contributed by atoms with Crippen LogP contribution in [0.1, 0.15) is 49.0 Å². The molecule has 1 heterocycles. The second kappa shape index (κ2) is 10.9. The van der Waals surface area contributed by atoms with E-state index in [9.17, 15) is 32.6 Å². The minimum atomic E-state index is -4.35. The highest BCUT2D eigenvalue weighted by atomic mass is 19.4. The number of carbonyl (C=O) groups excluding carboxylic acids is 3. The first-order valence-corrected chi connectivity index (χ1v) is 10.1. The second-order valence-corrected chi connectivity index (χ2v) is 7.84. The fourth-order valence-corrected chi connectivity index (χ4v) is 2.91. The van der Waals surface area contributed by atoms with Crippen molar-refractivity contribution in [2.45, 2.75) is 57.2 Å². The van der Waals surface area contributed by atoms with Gasteiger partial charge >= 0.3 is 25.2 Å². The van der Waals surface area contributed by atoms with Gasteiger partial charge in [-0.15, -0.1) is 0 Å². The van der Waals surface area contributed by atoms with E-state index in [1.54, 1.807) is 6.07 Å². The van der Waals surface area contributed by atoms with Gasteiger partial charge in [-0.1, -0.05) is 12.1 Å². The SMILES string of the molecule is COC(C)(C)C(=O)OCOC(=O)c1cccc2c1OB(O)[C@@H](NC(=O)CCCC(F)(F)F)C2. The molecule has 0 radical (unpaired) electrons. The van der Waals surface area contributed by atoms with Crippen LogP contribution in [0.25, 0.3) is 0 Å². The van der Waals surface area contributed by atoms with E-state index in [0.29, 0.717) is 5.56 Å². The predicted molar refractivity (Wildman–Crippen MR) is 108 cm³/mol. The van der Waals surface area contributed by atoms with E-state index in [0.717, 1.165) is 0 Å². The molecule has 2 rings (SSSR count). The van der Waals surface area contributed by atoms with Gasteiger partial charge in [-0.25, -0.2) is 9.59 Å². The molecule has 1 aromatic rings. The Morgan fingerprint density at radius 3 is 2.58 bits per heavy atom. The lowest BCUT2D eigenvalue weighted by molar-refractivity contribution is -0.173. The number of fused-ring (bicyclic) bond motifs is 1. The molecular weight excluding hydrogens is 450 g/mol. The third-order valence-electron chi connectivity index (χ3n) is 4.93. The molecule has 0 saturated carbocycles. The summed E-state index contributed by atoms with van der Waals surface area (Å²) in [6.45, 7) is 2.28. The summed E-state index contributed by atoms with van der Waals surface area (Å²) < 4.78 is 56.8. The predicted octanol–water partition coefficient (Wildman–Crippen LogP) is 1.94. The number of hydrogen-bond donors (Lipinski definition) is 2. The lowest BCUT2D eigenvalue weighted by atomic mass is 9.72. The molecule has 1 aliphatic heterocycles. The number of alkyl halides is 3. The number of carbonyl (C=O) groups is 3. The van der Waals surface area contributed by atoms with Crippen LogP contribution in [0.15, 0.2) is 18.2 Å². The van der Waals surface area contributed by atoms with E-state index in [-0.39, 0.29) is 30.6 Å². The van der Waals surface area contributed by atoms with Crippen LogP contribution in [-0.4, -0.2) is 61.6 Å². The van der Waals surface area contributed by atoms with Crippen molar-refractivity contribution in [2.75, 3.05) is 13.9 Å². The zero-order valence-electron chi connectivity index (χ0n) is 18.4. The van der Waals surface area contributed by atoms with Gasteiger partial charge in [0.1, 0.15) is 11.3 Å². The summed E-state index contributed by atoms with van der Waals surface area (Å²) in [4.78, 5) is 36.2.